The summed E-state index contributed by atoms with van der Waals surface area (Å²) in [5.41, 5.74) is 6.54. The van der Waals surface area contributed by atoms with Crippen LogP contribution in [0.4, 0.5) is 11.4 Å². The van der Waals surface area contributed by atoms with Crippen molar-refractivity contribution in [2.24, 2.45) is 4.99 Å². The van der Waals surface area contributed by atoms with E-state index < -0.39 is 0 Å². The maximum atomic E-state index is 12.6. The minimum absolute atomic E-state index is 0.0796. The number of amidine groups is 1. The van der Waals surface area contributed by atoms with E-state index in [4.69, 9.17) is 11.6 Å². The van der Waals surface area contributed by atoms with Crippen molar-refractivity contribution in [2.45, 2.75) is 52.5 Å². The zero-order valence-electron chi connectivity index (χ0n) is 18.8. The fourth-order valence-corrected chi connectivity index (χ4v) is 5.34. The molecule has 2 aromatic carbocycles. The molecule has 0 radical (unpaired) electrons. The summed E-state index contributed by atoms with van der Waals surface area (Å²) in [6.45, 7) is 10.9. The van der Waals surface area contributed by atoms with Crippen LogP contribution in [0.1, 0.15) is 55.4 Å². The molecule has 0 spiro atoms. The quantitative estimate of drug-likeness (QED) is 0.523. The molecule has 1 N–H and O–H groups in total. The van der Waals surface area contributed by atoms with Crippen molar-refractivity contribution in [3.8, 4) is 0 Å². The molecule has 4 rings (SSSR count). The van der Waals surface area contributed by atoms with Crippen LogP contribution in [-0.2, 0) is 4.79 Å². The predicted octanol–water partition coefficient (Wildman–Crippen LogP) is 6.57. The number of anilines is 1. The molecule has 1 amide bonds. The fourth-order valence-electron chi connectivity index (χ4n) is 4.30. The summed E-state index contributed by atoms with van der Waals surface area (Å²) in [5, 5.41) is 4.12. The van der Waals surface area contributed by atoms with Gasteiger partial charge >= 0.3 is 0 Å². The first-order chi connectivity index (χ1) is 14.6. The molecule has 4 nitrogen and oxygen atoms in total. The minimum atomic E-state index is -0.144. The Morgan fingerprint density at radius 1 is 1.29 bits per heavy atom. The van der Waals surface area contributed by atoms with Gasteiger partial charge in [-0.2, -0.15) is 0 Å². The Kier molecular flexibility index (Phi) is 5.69. The van der Waals surface area contributed by atoms with E-state index in [1.54, 1.807) is 0 Å². The summed E-state index contributed by atoms with van der Waals surface area (Å²) in [4.78, 5) is 20.2. The van der Waals surface area contributed by atoms with Crippen LogP contribution in [0.5, 0.6) is 0 Å². The Labute approximate surface area is 193 Å². The largest absolute Gasteiger partial charge is 0.369 e. The monoisotopic (exact) mass is 453 g/mol. The lowest BCUT2D eigenvalue weighted by atomic mass is 9.80. The Bertz CT molecular complexity index is 1140. The van der Waals surface area contributed by atoms with Crippen molar-refractivity contribution in [2.75, 3.05) is 11.9 Å². The number of nitrogens with one attached hydrogen (secondary N) is 1. The number of amides is 1. The van der Waals surface area contributed by atoms with Gasteiger partial charge in [0.1, 0.15) is 0 Å². The molecular formula is C25H28ClN3OS. The number of hydrogen-bond donors (Lipinski definition) is 1. The first-order valence-electron chi connectivity index (χ1n) is 10.5. The van der Waals surface area contributed by atoms with E-state index in [-0.39, 0.29) is 11.4 Å². The Morgan fingerprint density at radius 2 is 2.03 bits per heavy atom. The number of halogens is 1. The Balaban J connectivity index is 1.67. The van der Waals surface area contributed by atoms with Gasteiger partial charge in [0, 0.05) is 23.3 Å². The van der Waals surface area contributed by atoms with E-state index in [2.05, 4.69) is 62.1 Å². The maximum Gasteiger partial charge on any atom is 0.264 e. The van der Waals surface area contributed by atoms with Crippen LogP contribution in [0.2, 0.25) is 5.02 Å². The highest BCUT2D eigenvalue weighted by molar-refractivity contribution is 8.18. The van der Waals surface area contributed by atoms with Crippen molar-refractivity contribution >= 4 is 51.9 Å². The van der Waals surface area contributed by atoms with Gasteiger partial charge < -0.3 is 10.2 Å². The first-order valence-corrected chi connectivity index (χ1v) is 11.7. The third-order valence-corrected chi connectivity index (χ3v) is 7.72. The molecule has 1 atom stereocenters. The van der Waals surface area contributed by atoms with Gasteiger partial charge in [-0.1, -0.05) is 30.7 Å². The van der Waals surface area contributed by atoms with E-state index in [0.29, 0.717) is 21.0 Å². The van der Waals surface area contributed by atoms with Crippen LogP contribution in [-0.4, -0.2) is 23.7 Å². The number of hydrogen-bond acceptors (Lipinski definition) is 4. The van der Waals surface area contributed by atoms with Crippen LogP contribution < -0.4 is 10.2 Å². The lowest BCUT2D eigenvalue weighted by Crippen LogP contribution is -2.45. The molecule has 0 aliphatic carbocycles. The number of nitrogens with zero attached hydrogens (tertiary/aromatic N) is 2. The smallest absolute Gasteiger partial charge is 0.264 e. The lowest BCUT2D eigenvalue weighted by Gasteiger charge is -2.45. The SMILES string of the molecule is Cc1cccc(N=C2NC(=O)/C(=C/c3cc4c(cc3Cl)N(C)C(C)(C)C[C@H]4C)S2)c1C. The molecule has 2 aliphatic heterocycles. The van der Waals surface area contributed by atoms with E-state index >= 15 is 0 Å². The van der Waals surface area contributed by atoms with E-state index in [1.807, 2.05) is 31.2 Å². The molecule has 0 unspecified atom stereocenters. The number of carbonyl (C=O) groups excluding carboxylic acids is 1. The topological polar surface area (TPSA) is 44.7 Å². The highest BCUT2D eigenvalue weighted by atomic mass is 35.5. The average molecular weight is 454 g/mol. The molecule has 2 heterocycles. The molecule has 0 aromatic heterocycles. The van der Waals surface area contributed by atoms with Gasteiger partial charge in [-0.3, -0.25) is 4.79 Å². The molecule has 1 saturated heterocycles. The van der Waals surface area contributed by atoms with E-state index in [9.17, 15) is 4.79 Å². The second-order valence-corrected chi connectivity index (χ2v) is 10.5. The fraction of sp³-hybridized carbons (Fsp3) is 0.360. The van der Waals surface area contributed by atoms with Crippen LogP contribution in [0.25, 0.3) is 6.08 Å². The van der Waals surface area contributed by atoms with Crippen molar-refractivity contribution in [3.05, 3.63) is 62.5 Å². The standard InChI is InChI=1S/C25H28ClN3OS/c1-14-8-7-9-20(16(14)3)27-24-28-23(30)22(31-24)11-17-10-18-15(2)13-25(4,5)29(6)21(18)12-19(17)26/h7-12,15H,13H2,1-6H3,(H,27,28,30)/b22-11-/t15-/m1/s1. The summed E-state index contributed by atoms with van der Waals surface area (Å²) in [6, 6.07) is 10.2. The zero-order chi connectivity index (χ0) is 22.5. The van der Waals surface area contributed by atoms with Gasteiger partial charge in [-0.15, -0.1) is 0 Å². The molecule has 1 fully saturated rings. The number of aliphatic imine (C=N–C) groups is 1. The molecule has 0 bridgehead atoms. The molecule has 2 aliphatic rings. The van der Waals surface area contributed by atoms with Crippen molar-refractivity contribution in [1.29, 1.82) is 0 Å². The second-order valence-electron chi connectivity index (χ2n) is 9.11. The van der Waals surface area contributed by atoms with Crippen molar-refractivity contribution in [3.63, 3.8) is 0 Å². The predicted molar refractivity (Wildman–Crippen MR) is 134 cm³/mol. The van der Waals surface area contributed by atoms with Crippen LogP contribution in [0, 0.1) is 13.8 Å². The Hall–Kier alpha value is -2.24. The number of aryl methyl sites for hydroxylation is 1. The van der Waals surface area contributed by atoms with Crippen LogP contribution in [0.3, 0.4) is 0 Å². The summed E-state index contributed by atoms with van der Waals surface area (Å²) >= 11 is 8.01. The summed E-state index contributed by atoms with van der Waals surface area (Å²) in [6.07, 6.45) is 2.94. The summed E-state index contributed by atoms with van der Waals surface area (Å²) < 4.78 is 0. The van der Waals surface area contributed by atoms with E-state index in [1.165, 1.54) is 22.9 Å². The number of thioether (sulfide) groups is 1. The molecule has 162 valence electrons. The van der Waals surface area contributed by atoms with Gasteiger partial charge in [-0.05, 0) is 98.3 Å². The molecule has 2 aromatic rings. The second kappa shape index (κ2) is 8.03. The molecule has 6 heteroatoms. The van der Waals surface area contributed by atoms with Gasteiger partial charge in [0.05, 0.1) is 10.6 Å². The van der Waals surface area contributed by atoms with Gasteiger partial charge in [0.25, 0.3) is 5.91 Å². The molecular weight excluding hydrogens is 426 g/mol. The lowest BCUT2D eigenvalue weighted by molar-refractivity contribution is -0.115. The minimum Gasteiger partial charge on any atom is -0.369 e. The van der Waals surface area contributed by atoms with Gasteiger partial charge in [0.15, 0.2) is 5.17 Å². The van der Waals surface area contributed by atoms with Crippen molar-refractivity contribution < 1.29 is 4.79 Å². The number of carbonyl (C=O) groups is 1. The summed E-state index contributed by atoms with van der Waals surface area (Å²) in [5.74, 6) is 0.274. The van der Waals surface area contributed by atoms with Crippen LogP contribution in [0.15, 0.2) is 40.2 Å². The normalized spacial score (nSPS) is 22.7. The number of benzene rings is 2. The molecule has 0 saturated carbocycles. The maximum absolute atomic E-state index is 12.6. The number of fused-ring (bicyclic) bond motifs is 1. The van der Waals surface area contributed by atoms with Crippen molar-refractivity contribution in [1.82, 2.24) is 5.32 Å². The molecule has 31 heavy (non-hydrogen) atoms. The summed E-state index contributed by atoms with van der Waals surface area (Å²) in [7, 11) is 2.12. The van der Waals surface area contributed by atoms with Crippen LogP contribution >= 0.6 is 23.4 Å². The third kappa shape index (κ3) is 4.13. The zero-order valence-corrected chi connectivity index (χ0v) is 20.4. The van der Waals surface area contributed by atoms with Gasteiger partial charge in [0.2, 0.25) is 0 Å². The third-order valence-electron chi connectivity index (χ3n) is 6.49. The first kappa shape index (κ1) is 22.0. The highest BCUT2D eigenvalue weighted by Gasteiger charge is 2.34. The van der Waals surface area contributed by atoms with Gasteiger partial charge in [-0.25, -0.2) is 4.99 Å². The Morgan fingerprint density at radius 3 is 2.77 bits per heavy atom. The number of rotatable bonds is 2. The highest BCUT2D eigenvalue weighted by Crippen LogP contribution is 2.45. The van der Waals surface area contributed by atoms with E-state index in [0.717, 1.165) is 28.9 Å². The average Bonchev–Trinajstić information content (AvgIpc) is 3.03.